The minimum Gasteiger partial charge on any atom is -0.481 e. The zero-order valence-electron chi connectivity index (χ0n) is 11.9. The summed E-state index contributed by atoms with van der Waals surface area (Å²) in [5.74, 6) is -1.07. The number of alkyl halides is 3. The number of carboxylic acid groups (broad SMARTS) is 1. The highest BCUT2D eigenvalue weighted by Crippen LogP contribution is 2.43. The fourth-order valence-corrected chi connectivity index (χ4v) is 2.77. The first-order chi connectivity index (χ1) is 10.5. The number of nitro benzene ring substituents is 1. The van der Waals surface area contributed by atoms with E-state index >= 15 is 0 Å². The van der Waals surface area contributed by atoms with Gasteiger partial charge in [-0.1, -0.05) is 11.6 Å². The monoisotopic (exact) mass is 352 g/mol. The maximum absolute atomic E-state index is 12.8. The molecule has 1 fully saturated rings. The van der Waals surface area contributed by atoms with Gasteiger partial charge in [0.25, 0.3) is 5.69 Å². The summed E-state index contributed by atoms with van der Waals surface area (Å²) in [5.41, 5.74) is -3.28. The van der Waals surface area contributed by atoms with Gasteiger partial charge in [0.15, 0.2) is 0 Å². The summed E-state index contributed by atoms with van der Waals surface area (Å²) in [7, 11) is 0. The minimum absolute atomic E-state index is 0.0507. The molecule has 0 amide bonds. The fraction of sp³-hybridized carbons (Fsp3) is 0.462. The lowest BCUT2D eigenvalue weighted by Crippen LogP contribution is -2.32. The lowest BCUT2D eigenvalue weighted by atomic mass is 9.90. The molecule has 1 aliphatic rings. The molecule has 1 saturated heterocycles. The molecule has 23 heavy (non-hydrogen) atoms. The molecule has 1 aromatic carbocycles. The largest absolute Gasteiger partial charge is 0.481 e. The van der Waals surface area contributed by atoms with Crippen LogP contribution in [-0.2, 0) is 11.0 Å². The van der Waals surface area contributed by atoms with Crippen molar-refractivity contribution in [1.82, 2.24) is 0 Å². The van der Waals surface area contributed by atoms with Gasteiger partial charge in [-0.05, 0) is 19.4 Å². The van der Waals surface area contributed by atoms with Crippen molar-refractivity contribution >= 4 is 28.9 Å². The van der Waals surface area contributed by atoms with Crippen LogP contribution in [0.25, 0.3) is 0 Å². The Morgan fingerprint density at radius 1 is 1.48 bits per heavy atom. The Morgan fingerprint density at radius 3 is 2.52 bits per heavy atom. The van der Waals surface area contributed by atoms with Crippen LogP contribution < -0.4 is 4.90 Å². The second-order valence-corrected chi connectivity index (χ2v) is 6.02. The minimum atomic E-state index is -4.82. The van der Waals surface area contributed by atoms with Crippen LogP contribution in [0, 0.1) is 15.5 Å². The van der Waals surface area contributed by atoms with Gasteiger partial charge in [0.1, 0.15) is 5.69 Å². The molecule has 0 aliphatic carbocycles. The smallest absolute Gasteiger partial charge is 0.418 e. The van der Waals surface area contributed by atoms with Gasteiger partial charge in [-0.25, -0.2) is 0 Å². The van der Waals surface area contributed by atoms with Crippen molar-refractivity contribution in [2.45, 2.75) is 19.5 Å². The summed E-state index contributed by atoms with van der Waals surface area (Å²) >= 11 is 5.62. The number of hydrogen-bond donors (Lipinski definition) is 1. The Bertz CT molecular complexity index is 680. The molecular weight excluding hydrogens is 341 g/mol. The van der Waals surface area contributed by atoms with Gasteiger partial charge in [0.2, 0.25) is 0 Å². The molecule has 1 atom stereocenters. The Balaban J connectivity index is 2.50. The lowest BCUT2D eigenvalue weighted by molar-refractivity contribution is -0.384. The van der Waals surface area contributed by atoms with Crippen molar-refractivity contribution in [2.75, 3.05) is 18.0 Å². The van der Waals surface area contributed by atoms with E-state index in [0.29, 0.717) is 6.07 Å². The first kappa shape index (κ1) is 17.3. The number of anilines is 1. The van der Waals surface area contributed by atoms with E-state index < -0.39 is 38.8 Å². The first-order valence-electron chi connectivity index (χ1n) is 6.49. The predicted molar refractivity (Wildman–Crippen MR) is 75.7 cm³/mol. The molecule has 126 valence electrons. The molecule has 0 aromatic heterocycles. The summed E-state index contributed by atoms with van der Waals surface area (Å²) in [5, 5.41) is 19.6. The molecule has 1 N–H and O–H groups in total. The summed E-state index contributed by atoms with van der Waals surface area (Å²) < 4.78 is 38.5. The van der Waals surface area contributed by atoms with E-state index in [2.05, 4.69) is 0 Å². The Labute approximate surface area is 133 Å². The van der Waals surface area contributed by atoms with E-state index in [1.54, 1.807) is 0 Å². The highest BCUT2D eigenvalue weighted by atomic mass is 35.5. The van der Waals surface area contributed by atoms with Gasteiger partial charge in [-0.2, -0.15) is 13.2 Å². The summed E-state index contributed by atoms with van der Waals surface area (Å²) in [6.07, 6.45) is -4.60. The Kier molecular flexibility index (Phi) is 4.18. The number of aliphatic carboxylic acids is 1. The normalized spacial score (nSPS) is 21.5. The maximum Gasteiger partial charge on any atom is 0.418 e. The number of hydrogen-bond acceptors (Lipinski definition) is 4. The van der Waals surface area contributed by atoms with Gasteiger partial charge in [-0.15, -0.1) is 0 Å². The molecule has 1 aromatic rings. The molecular formula is C13H12ClF3N2O4. The first-order valence-corrected chi connectivity index (χ1v) is 6.87. The second kappa shape index (κ2) is 5.55. The van der Waals surface area contributed by atoms with Gasteiger partial charge in [-0.3, -0.25) is 14.9 Å². The topological polar surface area (TPSA) is 83.7 Å². The van der Waals surface area contributed by atoms with Crippen LogP contribution in [0.3, 0.4) is 0 Å². The molecule has 0 bridgehead atoms. The van der Waals surface area contributed by atoms with E-state index in [4.69, 9.17) is 11.6 Å². The van der Waals surface area contributed by atoms with Crippen molar-refractivity contribution in [2.24, 2.45) is 5.41 Å². The van der Waals surface area contributed by atoms with E-state index in [9.17, 15) is 33.2 Å². The number of carbonyl (C=O) groups is 1. The highest BCUT2D eigenvalue weighted by molar-refractivity contribution is 6.31. The average Bonchev–Trinajstić information content (AvgIpc) is 2.80. The molecule has 2 rings (SSSR count). The van der Waals surface area contributed by atoms with Crippen molar-refractivity contribution < 1.29 is 28.0 Å². The summed E-state index contributed by atoms with van der Waals surface area (Å²) in [6.45, 7) is 1.60. The van der Waals surface area contributed by atoms with E-state index in [1.165, 1.54) is 11.8 Å². The summed E-state index contributed by atoms with van der Waals surface area (Å²) in [4.78, 5) is 22.8. The van der Waals surface area contributed by atoms with Crippen LogP contribution in [0.5, 0.6) is 0 Å². The highest BCUT2D eigenvalue weighted by Gasteiger charge is 2.43. The third-order valence-corrected chi connectivity index (χ3v) is 4.21. The molecule has 1 heterocycles. The standard InChI is InChI=1S/C13H12ClF3N2O4/c1-12(11(20)21)2-3-18(6-12)9-5-8(14)7(13(15,16)17)4-10(9)19(22)23/h4-5H,2-3,6H2,1H3,(H,20,21). The zero-order chi connectivity index (χ0) is 17.6. The van der Waals surface area contributed by atoms with Crippen LogP contribution in [-0.4, -0.2) is 29.1 Å². The Hall–Kier alpha value is -2.03. The third kappa shape index (κ3) is 3.19. The van der Waals surface area contributed by atoms with E-state index in [1.807, 2.05) is 0 Å². The SMILES string of the molecule is CC1(C(=O)O)CCN(c2cc(Cl)c(C(F)(F)F)cc2[N+](=O)[O-])C1. The average molecular weight is 353 g/mol. The number of carboxylic acids is 1. The predicted octanol–water partition coefficient (Wildman–Crippen LogP) is 3.57. The molecule has 6 nitrogen and oxygen atoms in total. The van der Waals surface area contributed by atoms with Crippen LogP contribution in [0.4, 0.5) is 24.5 Å². The maximum atomic E-state index is 12.8. The van der Waals surface area contributed by atoms with Crippen molar-refractivity contribution in [3.05, 3.63) is 32.8 Å². The number of nitrogens with zero attached hydrogens (tertiary/aromatic N) is 2. The van der Waals surface area contributed by atoms with Gasteiger partial charge < -0.3 is 10.0 Å². The fourth-order valence-electron chi connectivity index (χ4n) is 2.51. The number of benzene rings is 1. The van der Waals surface area contributed by atoms with E-state index in [-0.39, 0.29) is 25.2 Å². The van der Waals surface area contributed by atoms with Crippen molar-refractivity contribution in [3.63, 3.8) is 0 Å². The Morgan fingerprint density at radius 2 is 2.09 bits per heavy atom. The lowest BCUT2D eigenvalue weighted by Gasteiger charge is -2.22. The second-order valence-electron chi connectivity index (χ2n) is 5.61. The molecule has 10 heteroatoms. The van der Waals surface area contributed by atoms with Crippen LogP contribution in [0.1, 0.15) is 18.9 Å². The number of halogens is 4. The number of rotatable bonds is 3. The summed E-state index contributed by atoms with van der Waals surface area (Å²) in [6, 6.07) is 1.25. The van der Waals surface area contributed by atoms with Gasteiger partial charge in [0, 0.05) is 19.2 Å². The molecule has 1 aliphatic heterocycles. The van der Waals surface area contributed by atoms with E-state index in [0.717, 1.165) is 6.07 Å². The van der Waals surface area contributed by atoms with Crippen molar-refractivity contribution in [3.8, 4) is 0 Å². The molecule has 0 saturated carbocycles. The molecule has 0 spiro atoms. The zero-order valence-corrected chi connectivity index (χ0v) is 12.6. The number of nitro groups is 1. The van der Waals surface area contributed by atoms with Crippen molar-refractivity contribution in [1.29, 1.82) is 0 Å². The quantitative estimate of drug-likeness (QED) is 0.664. The van der Waals surface area contributed by atoms with Crippen LogP contribution >= 0.6 is 11.6 Å². The molecule has 0 radical (unpaired) electrons. The molecule has 1 unspecified atom stereocenters. The van der Waals surface area contributed by atoms with Crippen LogP contribution in [0.2, 0.25) is 5.02 Å². The third-order valence-electron chi connectivity index (χ3n) is 3.90. The van der Waals surface area contributed by atoms with Crippen LogP contribution in [0.15, 0.2) is 12.1 Å². The van der Waals surface area contributed by atoms with Gasteiger partial charge in [0.05, 0.1) is 20.9 Å². The van der Waals surface area contributed by atoms with Gasteiger partial charge >= 0.3 is 12.1 Å².